The average molecular weight is 402 g/mol. The van der Waals surface area contributed by atoms with E-state index < -0.39 is 6.04 Å². The van der Waals surface area contributed by atoms with E-state index in [2.05, 4.69) is 15.5 Å². The van der Waals surface area contributed by atoms with E-state index in [0.717, 1.165) is 37.7 Å². The number of halogens is 1. The van der Waals surface area contributed by atoms with Gasteiger partial charge in [-0.2, -0.15) is 0 Å². The van der Waals surface area contributed by atoms with Crippen LogP contribution in [0.2, 0.25) is 0 Å². The maximum Gasteiger partial charge on any atom is 0.249 e. The number of anilines is 1. The first-order valence-corrected chi connectivity index (χ1v) is 10.6. The van der Waals surface area contributed by atoms with E-state index in [1.807, 2.05) is 0 Å². The lowest BCUT2D eigenvalue weighted by molar-refractivity contribution is -0.141. The van der Waals surface area contributed by atoms with Gasteiger partial charge < -0.3 is 4.90 Å². The van der Waals surface area contributed by atoms with Crippen molar-refractivity contribution in [3.63, 3.8) is 0 Å². The van der Waals surface area contributed by atoms with Crippen molar-refractivity contribution in [3.05, 3.63) is 30.1 Å². The average Bonchev–Trinajstić information content (AvgIpc) is 3.38. The Hall–Kier alpha value is -2.35. The number of benzene rings is 1. The SMILES string of the molecule is O=C(Nc1nnc(-c2ccc(F)cc2)s1)C1CCCN1C(=O)C1CCCCC1. The molecule has 6 nitrogen and oxygen atoms in total. The summed E-state index contributed by atoms with van der Waals surface area (Å²) in [5.74, 6) is -0.329. The Kier molecular flexibility index (Phi) is 5.66. The topological polar surface area (TPSA) is 75.2 Å². The van der Waals surface area contributed by atoms with Crippen molar-refractivity contribution < 1.29 is 14.0 Å². The minimum Gasteiger partial charge on any atom is -0.330 e. The number of aromatic nitrogens is 2. The molecule has 0 radical (unpaired) electrons. The fraction of sp³-hybridized carbons (Fsp3) is 0.500. The third kappa shape index (κ3) is 4.06. The van der Waals surface area contributed by atoms with E-state index in [1.54, 1.807) is 17.0 Å². The molecule has 1 atom stereocenters. The molecule has 1 unspecified atom stereocenters. The highest BCUT2D eigenvalue weighted by Gasteiger charge is 2.37. The van der Waals surface area contributed by atoms with Crippen LogP contribution in [0.25, 0.3) is 10.6 Å². The molecule has 1 aliphatic carbocycles. The van der Waals surface area contributed by atoms with Gasteiger partial charge in [0.15, 0.2) is 0 Å². The van der Waals surface area contributed by atoms with Gasteiger partial charge >= 0.3 is 0 Å². The zero-order valence-electron chi connectivity index (χ0n) is 15.6. The summed E-state index contributed by atoms with van der Waals surface area (Å²) in [6.45, 7) is 0.643. The van der Waals surface area contributed by atoms with Crippen LogP contribution < -0.4 is 5.32 Å². The van der Waals surface area contributed by atoms with Crippen LogP contribution in [0.15, 0.2) is 24.3 Å². The summed E-state index contributed by atoms with van der Waals surface area (Å²) in [5.41, 5.74) is 0.745. The summed E-state index contributed by atoms with van der Waals surface area (Å²) in [5, 5.41) is 11.9. The highest BCUT2D eigenvalue weighted by Crippen LogP contribution is 2.30. The second-order valence-electron chi connectivity index (χ2n) is 7.43. The van der Waals surface area contributed by atoms with Crippen molar-refractivity contribution in [2.75, 3.05) is 11.9 Å². The van der Waals surface area contributed by atoms with Gasteiger partial charge in [0.2, 0.25) is 16.9 Å². The van der Waals surface area contributed by atoms with Crippen LogP contribution in [0, 0.1) is 11.7 Å². The zero-order valence-corrected chi connectivity index (χ0v) is 16.4. The van der Waals surface area contributed by atoms with Crippen LogP contribution in [0.3, 0.4) is 0 Å². The number of hydrogen-bond donors (Lipinski definition) is 1. The zero-order chi connectivity index (χ0) is 19.5. The standard InChI is InChI=1S/C20H23FN4O2S/c21-15-10-8-13(9-11-15)18-23-24-20(28-18)22-17(26)16-7-4-12-25(16)19(27)14-5-2-1-3-6-14/h8-11,14,16H,1-7,12H2,(H,22,24,26). The van der Waals surface area contributed by atoms with Gasteiger partial charge in [-0.15, -0.1) is 10.2 Å². The Morgan fingerprint density at radius 3 is 2.54 bits per heavy atom. The number of nitrogens with one attached hydrogen (secondary N) is 1. The number of amides is 2. The minimum atomic E-state index is -0.437. The van der Waals surface area contributed by atoms with E-state index in [1.165, 1.54) is 29.9 Å². The molecule has 1 saturated heterocycles. The maximum atomic E-state index is 13.1. The first-order chi connectivity index (χ1) is 13.6. The number of hydrogen-bond acceptors (Lipinski definition) is 5. The molecule has 2 amide bonds. The maximum absolute atomic E-state index is 13.1. The minimum absolute atomic E-state index is 0.0637. The van der Waals surface area contributed by atoms with Gasteiger partial charge in [0, 0.05) is 18.0 Å². The lowest BCUT2D eigenvalue weighted by atomic mass is 9.88. The molecule has 1 aromatic carbocycles. The molecular formula is C20H23FN4O2S. The molecule has 1 aliphatic heterocycles. The fourth-order valence-corrected chi connectivity index (χ4v) is 4.81. The van der Waals surface area contributed by atoms with Crippen molar-refractivity contribution >= 4 is 28.3 Å². The van der Waals surface area contributed by atoms with Crippen LogP contribution in [-0.4, -0.2) is 39.5 Å². The van der Waals surface area contributed by atoms with Crippen LogP contribution in [0.4, 0.5) is 9.52 Å². The lowest BCUT2D eigenvalue weighted by Gasteiger charge is -2.29. The van der Waals surface area contributed by atoms with Crippen molar-refractivity contribution in [3.8, 4) is 10.6 Å². The van der Waals surface area contributed by atoms with E-state index >= 15 is 0 Å². The van der Waals surface area contributed by atoms with Crippen molar-refractivity contribution in [1.82, 2.24) is 15.1 Å². The number of likely N-dealkylation sites (tertiary alicyclic amines) is 1. The Labute approximate surface area is 167 Å². The molecule has 2 fully saturated rings. The normalized spacial score (nSPS) is 20.3. The summed E-state index contributed by atoms with van der Waals surface area (Å²) in [7, 11) is 0. The van der Waals surface area contributed by atoms with E-state index in [9.17, 15) is 14.0 Å². The molecule has 1 aromatic heterocycles. The predicted octanol–water partition coefficient (Wildman–Crippen LogP) is 3.85. The first kappa shape index (κ1) is 19.0. The summed E-state index contributed by atoms with van der Waals surface area (Å²) < 4.78 is 13.1. The van der Waals surface area contributed by atoms with Gasteiger partial charge in [0.1, 0.15) is 16.9 Å². The molecule has 0 spiro atoms. The Morgan fingerprint density at radius 1 is 1.04 bits per heavy atom. The van der Waals surface area contributed by atoms with Gasteiger partial charge in [0.25, 0.3) is 0 Å². The number of nitrogens with zero attached hydrogens (tertiary/aromatic N) is 3. The predicted molar refractivity (Wildman–Crippen MR) is 105 cm³/mol. The van der Waals surface area contributed by atoms with Crippen LogP contribution in [-0.2, 0) is 9.59 Å². The Balaban J connectivity index is 1.41. The lowest BCUT2D eigenvalue weighted by Crippen LogP contribution is -2.46. The van der Waals surface area contributed by atoms with Crippen LogP contribution in [0.5, 0.6) is 0 Å². The smallest absolute Gasteiger partial charge is 0.249 e. The molecule has 4 rings (SSSR count). The molecule has 8 heteroatoms. The van der Waals surface area contributed by atoms with E-state index in [-0.39, 0.29) is 23.5 Å². The third-order valence-corrected chi connectivity index (χ3v) is 6.43. The van der Waals surface area contributed by atoms with Crippen LogP contribution >= 0.6 is 11.3 Å². The second kappa shape index (κ2) is 8.34. The van der Waals surface area contributed by atoms with Crippen LogP contribution in [0.1, 0.15) is 44.9 Å². The number of rotatable bonds is 4. The van der Waals surface area contributed by atoms with Gasteiger partial charge in [-0.3, -0.25) is 14.9 Å². The number of carbonyl (C=O) groups excluding carboxylic acids is 2. The van der Waals surface area contributed by atoms with Gasteiger partial charge in [-0.1, -0.05) is 30.6 Å². The Morgan fingerprint density at radius 2 is 1.79 bits per heavy atom. The van der Waals surface area contributed by atoms with Crippen molar-refractivity contribution in [1.29, 1.82) is 0 Å². The molecule has 2 aromatic rings. The first-order valence-electron chi connectivity index (χ1n) is 9.82. The molecule has 148 valence electrons. The molecule has 2 aliphatic rings. The number of carbonyl (C=O) groups is 2. The molecule has 0 bridgehead atoms. The quantitative estimate of drug-likeness (QED) is 0.843. The highest BCUT2D eigenvalue weighted by atomic mass is 32.1. The summed E-state index contributed by atoms with van der Waals surface area (Å²) >= 11 is 1.24. The van der Waals surface area contributed by atoms with Gasteiger partial charge in [0.05, 0.1) is 0 Å². The summed E-state index contributed by atoms with van der Waals surface area (Å²) in [6.07, 6.45) is 6.76. The second-order valence-corrected chi connectivity index (χ2v) is 8.41. The molecule has 28 heavy (non-hydrogen) atoms. The van der Waals surface area contributed by atoms with Gasteiger partial charge in [-0.25, -0.2) is 4.39 Å². The van der Waals surface area contributed by atoms with Crippen molar-refractivity contribution in [2.24, 2.45) is 5.92 Å². The monoisotopic (exact) mass is 402 g/mol. The van der Waals surface area contributed by atoms with E-state index in [4.69, 9.17) is 0 Å². The van der Waals surface area contributed by atoms with Gasteiger partial charge in [-0.05, 0) is 49.9 Å². The molecule has 1 N–H and O–H groups in total. The Bertz CT molecular complexity index is 848. The molecule has 1 saturated carbocycles. The molecule has 2 heterocycles. The third-order valence-electron chi connectivity index (χ3n) is 5.54. The summed E-state index contributed by atoms with van der Waals surface area (Å²) in [4.78, 5) is 27.4. The molecular weight excluding hydrogens is 379 g/mol. The van der Waals surface area contributed by atoms with E-state index in [0.29, 0.717) is 23.1 Å². The summed E-state index contributed by atoms with van der Waals surface area (Å²) in [6, 6.07) is 5.55. The highest BCUT2D eigenvalue weighted by molar-refractivity contribution is 7.18. The largest absolute Gasteiger partial charge is 0.330 e. The fourth-order valence-electron chi connectivity index (χ4n) is 4.06. The van der Waals surface area contributed by atoms with Crippen molar-refractivity contribution in [2.45, 2.75) is 51.0 Å².